The van der Waals surface area contributed by atoms with Crippen LogP contribution in [0.25, 0.3) is 0 Å². The predicted molar refractivity (Wildman–Crippen MR) is 86.4 cm³/mol. The second kappa shape index (κ2) is 6.86. The van der Waals surface area contributed by atoms with Gasteiger partial charge in [-0.15, -0.1) is 0 Å². The Labute approximate surface area is 139 Å². The number of rotatable bonds is 6. The van der Waals surface area contributed by atoms with Crippen molar-refractivity contribution < 1.29 is 32.3 Å². The standard InChI is InChI=1S/C15H15O7PS/c1-2-22-23(18,19)12-5-9-14(10-6-12)24(20,21)13-7-3-11(4-8-13)15(16)17/h3-10H,2H2,1H3,(H,16,17)(H,18,19). The molecule has 2 rings (SSSR count). The van der Waals surface area contributed by atoms with Crippen LogP contribution in [0.3, 0.4) is 0 Å². The summed E-state index contributed by atoms with van der Waals surface area (Å²) in [5.74, 6) is -1.15. The van der Waals surface area contributed by atoms with Crippen LogP contribution in [0.1, 0.15) is 17.3 Å². The molecule has 0 bridgehead atoms. The van der Waals surface area contributed by atoms with E-state index in [2.05, 4.69) is 0 Å². The van der Waals surface area contributed by atoms with Gasteiger partial charge in [-0.3, -0.25) is 4.57 Å². The van der Waals surface area contributed by atoms with Gasteiger partial charge in [0.05, 0.1) is 27.3 Å². The fourth-order valence-corrected chi connectivity index (χ4v) is 4.26. The molecular formula is C15H15O7PS. The molecule has 0 aromatic heterocycles. The van der Waals surface area contributed by atoms with Crippen LogP contribution in [0.2, 0.25) is 0 Å². The smallest absolute Gasteiger partial charge is 0.358 e. The summed E-state index contributed by atoms with van der Waals surface area (Å²) >= 11 is 0. The first-order valence-electron chi connectivity index (χ1n) is 6.85. The Kier molecular flexibility index (Phi) is 5.25. The normalized spacial score (nSPS) is 14.1. The minimum Gasteiger partial charge on any atom is -0.478 e. The monoisotopic (exact) mass is 370 g/mol. The molecule has 0 amide bonds. The van der Waals surface area contributed by atoms with Crippen molar-refractivity contribution in [2.75, 3.05) is 6.61 Å². The lowest BCUT2D eigenvalue weighted by Gasteiger charge is -2.11. The number of carboxylic acids is 1. The highest BCUT2D eigenvalue weighted by Gasteiger charge is 2.24. The number of benzene rings is 2. The first-order chi connectivity index (χ1) is 11.2. The quantitative estimate of drug-likeness (QED) is 0.747. The van der Waals surface area contributed by atoms with Crippen molar-refractivity contribution in [2.24, 2.45) is 0 Å². The zero-order chi connectivity index (χ0) is 18.0. The highest BCUT2D eigenvalue weighted by molar-refractivity contribution is 7.91. The van der Waals surface area contributed by atoms with E-state index in [1.807, 2.05) is 0 Å². The Morgan fingerprint density at radius 2 is 1.50 bits per heavy atom. The molecule has 2 N–H and O–H groups in total. The van der Waals surface area contributed by atoms with Crippen LogP contribution in [0.15, 0.2) is 58.3 Å². The molecule has 128 valence electrons. The molecular weight excluding hydrogens is 355 g/mol. The minimum absolute atomic E-state index is 0.00970. The Hall–Kier alpha value is -1.99. The molecule has 0 fully saturated rings. The fraction of sp³-hybridized carbons (Fsp3) is 0.133. The second-order valence-electron chi connectivity index (χ2n) is 4.77. The highest BCUT2D eigenvalue weighted by Crippen LogP contribution is 2.40. The van der Waals surface area contributed by atoms with Gasteiger partial charge in [0.15, 0.2) is 0 Å². The zero-order valence-electron chi connectivity index (χ0n) is 12.6. The Bertz CT molecular complexity index is 886. The molecule has 1 unspecified atom stereocenters. The molecule has 0 aliphatic rings. The van der Waals surface area contributed by atoms with E-state index < -0.39 is 23.4 Å². The summed E-state index contributed by atoms with van der Waals surface area (Å²) in [7, 11) is -7.83. The van der Waals surface area contributed by atoms with Gasteiger partial charge in [-0.05, 0) is 55.5 Å². The van der Waals surface area contributed by atoms with E-state index in [0.717, 1.165) is 0 Å². The van der Waals surface area contributed by atoms with Crippen molar-refractivity contribution >= 4 is 28.7 Å². The van der Waals surface area contributed by atoms with Gasteiger partial charge in [-0.25, -0.2) is 13.2 Å². The molecule has 24 heavy (non-hydrogen) atoms. The van der Waals surface area contributed by atoms with Gasteiger partial charge in [0.2, 0.25) is 9.84 Å². The number of carbonyl (C=O) groups is 1. The Morgan fingerprint density at radius 3 is 1.92 bits per heavy atom. The van der Waals surface area contributed by atoms with Crippen molar-refractivity contribution in [1.29, 1.82) is 0 Å². The van der Waals surface area contributed by atoms with Crippen LogP contribution in [0, 0.1) is 0 Å². The molecule has 0 saturated heterocycles. The third-order valence-corrected chi connectivity index (χ3v) is 6.53. The minimum atomic E-state index is -3.97. The highest BCUT2D eigenvalue weighted by atomic mass is 32.2. The van der Waals surface area contributed by atoms with Gasteiger partial charge in [0, 0.05) is 0 Å². The summed E-state index contributed by atoms with van der Waals surface area (Å²) in [5, 5.41) is 8.82. The molecule has 2 aromatic rings. The lowest BCUT2D eigenvalue weighted by molar-refractivity contribution is 0.0696. The number of hydrogen-bond acceptors (Lipinski definition) is 5. The average molecular weight is 370 g/mol. The van der Waals surface area contributed by atoms with Crippen molar-refractivity contribution in [3.05, 3.63) is 54.1 Å². The van der Waals surface area contributed by atoms with Crippen LogP contribution < -0.4 is 5.30 Å². The Morgan fingerprint density at radius 1 is 1.04 bits per heavy atom. The van der Waals surface area contributed by atoms with Crippen LogP contribution in [-0.2, 0) is 18.9 Å². The molecule has 0 spiro atoms. The third kappa shape index (κ3) is 3.73. The lowest BCUT2D eigenvalue weighted by Crippen LogP contribution is -2.09. The SMILES string of the molecule is CCOP(=O)(O)c1ccc(S(=O)(=O)c2ccc(C(=O)O)cc2)cc1. The molecule has 0 aliphatic heterocycles. The van der Waals surface area contributed by atoms with Crippen molar-refractivity contribution in [1.82, 2.24) is 0 Å². The molecule has 1 atom stereocenters. The number of sulfone groups is 1. The number of hydrogen-bond donors (Lipinski definition) is 2. The van der Waals surface area contributed by atoms with E-state index in [1.165, 1.54) is 48.5 Å². The Balaban J connectivity index is 2.36. The van der Waals surface area contributed by atoms with Gasteiger partial charge in [0.1, 0.15) is 0 Å². The van der Waals surface area contributed by atoms with Gasteiger partial charge < -0.3 is 14.5 Å². The van der Waals surface area contributed by atoms with E-state index in [0.29, 0.717) is 0 Å². The van der Waals surface area contributed by atoms with Crippen molar-refractivity contribution in [2.45, 2.75) is 16.7 Å². The third-order valence-electron chi connectivity index (χ3n) is 3.19. The van der Waals surface area contributed by atoms with Gasteiger partial charge in [-0.2, -0.15) is 0 Å². The molecule has 7 nitrogen and oxygen atoms in total. The second-order valence-corrected chi connectivity index (χ2v) is 8.53. The van der Waals surface area contributed by atoms with E-state index in [1.54, 1.807) is 6.92 Å². The maximum Gasteiger partial charge on any atom is 0.358 e. The molecule has 2 aromatic carbocycles. The molecule has 0 heterocycles. The van der Waals surface area contributed by atoms with Gasteiger partial charge >= 0.3 is 13.6 Å². The van der Waals surface area contributed by atoms with Crippen LogP contribution in [0.5, 0.6) is 0 Å². The molecule has 9 heteroatoms. The zero-order valence-corrected chi connectivity index (χ0v) is 14.3. The van der Waals surface area contributed by atoms with Crippen molar-refractivity contribution in [3.8, 4) is 0 Å². The van der Waals surface area contributed by atoms with E-state index in [9.17, 15) is 22.7 Å². The largest absolute Gasteiger partial charge is 0.478 e. The fourth-order valence-electron chi connectivity index (χ4n) is 1.98. The van der Waals surface area contributed by atoms with Crippen LogP contribution in [0.4, 0.5) is 0 Å². The molecule has 0 aliphatic carbocycles. The first-order valence-corrected chi connectivity index (χ1v) is 9.91. The first kappa shape index (κ1) is 18.4. The lowest BCUT2D eigenvalue weighted by atomic mass is 10.2. The summed E-state index contributed by atoms with van der Waals surface area (Å²) in [6, 6.07) is 9.63. The summed E-state index contributed by atoms with van der Waals surface area (Å²) in [4.78, 5) is 20.4. The number of aromatic carboxylic acids is 1. The molecule has 0 saturated carbocycles. The van der Waals surface area contributed by atoms with E-state index >= 15 is 0 Å². The predicted octanol–water partition coefficient (Wildman–Crippen LogP) is 2.06. The topological polar surface area (TPSA) is 118 Å². The van der Waals surface area contributed by atoms with E-state index in [-0.39, 0.29) is 27.3 Å². The summed E-state index contributed by atoms with van der Waals surface area (Å²) in [6.45, 7) is 1.62. The van der Waals surface area contributed by atoms with Crippen LogP contribution in [-0.4, -0.2) is 31.0 Å². The summed E-state index contributed by atoms with van der Waals surface area (Å²) in [6.07, 6.45) is 0. The maximum absolute atomic E-state index is 12.5. The van der Waals surface area contributed by atoms with Crippen molar-refractivity contribution in [3.63, 3.8) is 0 Å². The average Bonchev–Trinajstić information content (AvgIpc) is 2.55. The molecule has 0 radical (unpaired) electrons. The van der Waals surface area contributed by atoms with E-state index in [4.69, 9.17) is 9.63 Å². The van der Waals surface area contributed by atoms with Gasteiger partial charge in [-0.1, -0.05) is 0 Å². The summed E-state index contributed by atoms with van der Waals surface area (Å²) < 4.78 is 41.6. The summed E-state index contributed by atoms with van der Waals surface area (Å²) in [5.41, 5.74) is -0.0257. The number of carboxylic acid groups (broad SMARTS) is 1. The van der Waals surface area contributed by atoms with Crippen LogP contribution >= 0.6 is 7.60 Å². The maximum atomic E-state index is 12.5. The van der Waals surface area contributed by atoms with Gasteiger partial charge in [0.25, 0.3) is 0 Å².